The molecule has 0 aromatic heterocycles. The molecule has 1 fully saturated rings. The van der Waals surface area contributed by atoms with Gasteiger partial charge in [-0.3, -0.25) is 0 Å². The lowest BCUT2D eigenvalue weighted by Crippen LogP contribution is -2.68. The molecule has 0 radical (unpaired) electrons. The molecule has 1 rings (SSSR count). The molecule has 0 spiro atoms. The van der Waals surface area contributed by atoms with Gasteiger partial charge in [-0.15, -0.1) is 0 Å². The smallest absolute Gasteiger partial charge is 0.327 e. The quantitative estimate of drug-likeness (QED) is 0.573. The zero-order valence-electron chi connectivity index (χ0n) is 9.03. The van der Waals surface area contributed by atoms with E-state index >= 15 is 0 Å². The molecule has 0 aromatic rings. The molecule has 126 valence electrons. The molecule has 0 amide bonds. The van der Waals surface area contributed by atoms with Gasteiger partial charge in [-0.2, -0.15) is 52.1 Å². The minimum Gasteiger partial charge on any atom is -0.327 e. The first-order valence-corrected chi connectivity index (χ1v) is 5.80. The standard InChI is InChI=1S/C6H2F10O4S/c7-2(6(15,16)20-21(2,17)18)1-19-3(8,4(9,10)11)5(12,13)14/h1H2. The van der Waals surface area contributed by atoms with E-state index in [1.54, 1.807) is 0 Å². The highest BCUT2D eigenvalue weighted by atomic mass is 32.2. The van der Waals surface area contributed by atoms with Gasteiger partial charge in [0.05, 0.1) is 0 Å². The average Bonchev–Trinajstić information content (AvgIpc) is 2.19. The van der Waals surface area contributed by atoms with Crippen molar-refractivity contribution in [1.82, 2.24) is 0 Å². The van der Waals surface area contributed by atoms with Gasteiger partial charge < -0.3 is 4.74 Å². The van der Waals surface area contributed by atoms with E-state index in [9.17, 15) is 52.3 Å². The molecule has 15 heteroatoms. The van der Waals surface area contributed by atoms with Crippen LogP contribution in [0.25, 0.3) is 0 Å². The molecular weight excluding hydrogens is 358 g/mol. The predicted octanol–water partition coefficient (Wildman–Crippen LogP) is 2.41. The Kier molecular flexibility index (Phi) is 3.77. The van der Waals surface area contributed by atoms with E-state index in [0.29, 0.717) is 0 Å². The van der Waals surface area contributed by atoms with Gasteiger partial charge in [0, 0.05) is 0 Å². The van der Waals surface area contributed by atoms with Crippen LogP contribution in [0.15, 0.2) is 0 Å². The Morgan fingerprint density at radius 2 is 1.29 bits per heavy atom. The number of hydrogen-bond donors (Lipinski definition) is 0. The zero-order chi connectivity index (χ0) is 17.1. The minimum atomic E-state index is -6.83. The third-order valence-electron chi connectivity index (χ3n) is 2.23. The highest BCUT2D eigenvalue weighted by molar-refractivity contribution is 7.89. The van der Waals surface area contributed by atoms with Crippen molar-refractivity contribution in [2.45, 2.75) is 29.3 Å². The summed E-state index contributed by atoms with van der Waals surface area (Å²) in [6.45, 7) is -3.10. The van der Waals surface area contributed by atoms with Crippen LogP contribution < -0.4 is 0 Å². The first-order chi connectivity index (χ1) is 8.91. The second kappa shape index (κ2) is 4.34. The molecule has 4 nitrogen and oxygen atoms in total. The van der Waals surface area contributed by atoms with Crippen molar-refractivity contribution in [2.24, 2.45) is 0 Å². The van der Waals surface area contributed by atoms with Crippen LogP contribution in [0.4, 0.5) is 43.9 Å². The summed E-state index contributed by atoms with van der Waals surface area (Å²) in [6, 6.07) is 0. The SMILES string of the molecule is O=S1(=O)OC(F)(F)C1(F)COC(F)(C(F)(F)F)C(F)(F)F. The second-order valence-corrected chi connectivity index (χ2v) is 5.38. The van der Waals surface area contributed by atoms with Crippen molar-refractivity contribution in [3.05, 3.63) is 0 Å². The molecule has 1 unspecified atom stereocenters. The highest BCUT2D eigenvalue weighted by Crippen LogP contribution is 2.53. The third-order valence-corrected chi connectivity index (χ3v) is 3.81. The van der Waals surface area contributed by atoms with Crippen molar-refractivity contribution in [2.75, 3.05) is 6.61 Å². The fourth-order valence-electron chi connectivity index (χ4n) is 1.05. The zero-order valence-corrected chi connectivity index (χ0v) is 9.84. The lowest BCUT2D eigenvalue weighted by molar-refractivity contribution is -0.438. The van der Waals surface area contributed by atoms with Gasteiger partial charge in [0.1, 0.15) is 6.61 Å². The molecule has 1 heterocycles. The Bertz CT molecular complexity index is 507. The fraction of sp³-hybridized carbons (Fsp3) is 1.00. The summed E-state index contributed by atoms with van der Waals surface area (Å²) in [4.78, 5) is 0. The summed E-state index contributed by atoms with van der Waals surface area (Å²) in [5, 5.41) is -5.09. The van der Waals surface area contributed by atoms with Gasteiger partial charge >= 0.3 is 39.4 Å². The summed E-state index contributed by atoms with van der Waals surface area (Å²) in [5.41, 5.74) is 0. The average molecular weight is 360 g/mol. The highest BCUT2D eigenvalue weighted by Gasteiger charge is 2.82. The van der Waals surface area contributed by atoms with Crippen LogP contribution in [0.5, 0.6) is 0 Å². The molecule has 1 atom stereocenters. The Morgan fingerprint density at radius 1 is 0.905 bits per heavy atom. The summed E-state index contributed by atoms with van der Waals surface area (Å²) < 4.78 is 149. The van der Waals surface area contributed by atoms with Crippen molar-refractivity contribution in [1.29, 1.82) is 0 Å². The number of ether oxygens (including phenoxy) is 1. The number of alkyl halides is 10. The summed E-state index contributed by atoms with van der Waals surface area (Å²) in [7, 11) is -5.89. The largest absolute Gasteiger partial charge is 0.458 e. The van der Waals surface area contributed by atoms with E-state index in [4.69, 9.17) is 0 Å². The van der Waals surface area contributed by atoms with Gasteiger partial charge in [0.15, 0.2) is 0 Å². The van der Waals surface area contributed by atoms with Crippen LogP contribution in [0.3, 0.4) is 0 Å². The minimum absolute atomic E-state index is 2.51. The maximum absolute atomic E-state index is 13.3. The number of hydrogen-bond acceptors (Lipinski definition) is 4. The molecule has 0 aromatic carbocycles. The maximum Gasteiger partial charge on any atom is 0.458 e. The van der Waals surface area contributed by atoms with Crippen LogP contribution in [0, 0.1) is 0 Å². The molecular formula is C6H2F10O4S. The van der Waals surface area contributed by atoms with Crippen LogP contribution in [0.2, 0.25) is 0 Å². The summed E-state index contributed by atoms with van der Waals surface area (Å²) in [6.07, 6.45) is -19.0. The fourth-order valence-corrected chi connectivity index (χ4v) is 2.01. The predicted molar refractivity (Wildman–Crippen MR) is 40.7 cm³/mol. The lowest BCUT2D eigenvalue weighted by Gasteiger charge is -2.41. The number of halogens is 10. The van der Waals surface area contributed by atoms with Gasteiger partial charge in [-0.1, -0.05) is 0 Å². The van der Waals surface area contributed by atoms with E-state index < -0.39 is 46.0 Å². The Labute approximate surface area is 108 Å². The summed E-state index contributed by atoms with van der Waals surface area (Å²) >= 11 is 0. The monoisotopic (exact) mass is 360 g/mol. The molecule has 1 saturated heterocycles. The van der Waals surface area contributed by atoms with E-state index in [0.717, 1.165) is 0 Å². The van der Waals surface area contributed by atoms with Crippen molar-refractivity contribution in [3.63, 3.8) is 0 Å². The molecule has 0 N–H and O–H groups in total. The Hall–Kier alpha value is -0.830. The van der Waals surface area contributed by atoms with E-state index in [2.05, 4.69) is 8.92 Å². The summed E-state index contributed by atoms with van der Waals surface area (Å²) in [5.74, 6) is -6.54. The normalized spacial score (nSPS) is 29.0. The van der Waals surface area contributed by atoms with Gasteiger partial charge in [0.25, 0.3) is 0 Å². The molecule has 21 heavy (non-hydrogen) atoms. The maximum atomic E-state index is 13.3. The van der Waals surface area contributed by atoms with Crippen molar-refractivity contribution >= 4 is 10.1 Å². The topological polar surface area (TPSA) is 52.6 Å². The lowest BCUT2D eigenvalue weighted by atomic mass is 10.2. The van der Waals surface area contributed by atoms with E-state index in [1.807, 2.05) is 0 Å². The van der Waals surface area contributed by atoms with Gasteiger partial charge in [-0.05, 0) is 0 Å². The third kappa shape index (κ3) is 2.44. The van der Waals surface area contributed by atoms with E-state index in [-0.39, 0.29) is 0 Å². The van der Waals surface area contributed by atoms with Crippen LogP contribution in [-0.2, 0) is 19.0 Å². The number of rotatable bonds is 3. The van der Waals surface area contributed by atoms with Gasteiger partial charge in [-0.25, -0.2) is 4.39 Å². The molecule has 1 aliphatic heterocycles. The molecule has 0 bridgehead atoms. The van der Waals surface area contributed by atoms with Gasteiger partial charge in [0.2, 0.25) is 0 Å². The van der Waals surface area contributed by atoms with Crippen molar-refractivity contribution < 1.29 is 61.2 Å². The van der Waals surface area contributed by atoms with Crippen molar-refractivity contribution in [3.8, 4) is 0 Å². The first kappa shape index (κ1) is 18.2. The van der Waals surface area contributed by atoms with Crippen LogP contribution >= 0.6 is 0 Å². The molecule has 0 saturated carbocycles. The Balaban J connectivity index is 3.10. The molecule has 0 aliphatic carbocycles. The van der Waals surface area contributed by atoms with Crippen LogP contribution in [-0.4, -0.2) is 44.3 Å². The van der Waals surface area contributed by atoms with E-state index in [1.165, 1.54) is 0 Å². The first-order valence-electron chi connectivity index (χ1n) is 4.39. The Morgan fingerprint density at radius 3 is 1.52 bits per heavy atom. The molecule has 1 aliphatic rings. The second-order valence-electron chi connectivity index (χ2n) is 3.66. The van der Waals surface area contributed by atoms with Crippen LogP contribution in [0.1, 0.15) is 0 Å².